The van der Waals surface area contributed by atoms with E-state index in [9.17, 15) is 44.3 Å². The lowest BCUT2D eigenvalue weighted by atomic mass is 9.55. The highest BCUT2D eigenvalue weighted by Crippen LogP contribution is 2.62. The van der Waals surface area contributed by atoms with E-state index in [-0.39, 0.29) is 48.1 Å². The SMILES string of the molecule is CC(C)N(C(C)C)P(COCCCN(C(=O)Oc1ccc2c(c1)CCC1C2CCC2(C)C(OCCCOC(C(F)(F)F)(C(F)(F)F)C(F)(F)F)CCC12)C1CCSSC1)OCCC#N. The smallest absolute Gasteiger partial charge is 0.410 e. The van der Waals surface area contributed by atoms with E-state index in [1.54, 1.807) is 21.6 Å². The maximum absolute atomic E-state index is 13.9. The predicted molar refractivity (Wildman–Crippen MR) is 229 cm³/mol. The summed E-state index contributed by atoms with van der Waals surface area (Å²) >= 11 is 0. The van der Waals surface area contributed by atoms with Crippen LogP contribution in [0.5, 0.6) is 5.75 Å². The maximum Gasteiger partial charge on any atom is 0.435 e. The molecule has 9 nitrogen and oxygen atoms in total. The summed E-state index contributed by atoms with van der Waals surface area (Å²) in [5.74, 6) is 2.94. The fourth-order valence-electron chi connectivity index (χ4n) is 10.3. The van der Waals surface area contributed by atoms with Crippen molar-refractivity contribution in [3.8, 4) is 11.8 Å². The van der Waals surface area contributed by atoms with Gasteiger partial charge in [-0.2, -0.15) is 44.8 Å². The topological polar surface area (TPSA) is 93.5 Å². The van der Waals surface area contributed by atoms with Crippen LogP contribution in [0, 0.1) is 28.6 Å². The average molecular weight is 982 g/mol. The van der Waals surface area contributed by atoms with Crippen LogP contribution in [-0.4, -0.2) is 115 Å². The summed E-state index contributed by atoms with van der Waals surface area (Å²) in [7, 11) is 2.46. The molecule has 1 aromatic carbocycles. The zero-order valence-corrected chi connectivity index (χ0v) is 39.5. The van der Waals surface area contributed by atoms with Gasteiger partial charge in [0.1, 0.15) is 20.4 Å². The Morgan fingerprint density at radius 1 is 0.906 bits per heavy atom. The Morgan fingerprint density at radius 2 is 1.61 bits per heavy atom. The highest BCUT2D eigenvalue weighted by molar-refractivity contribution is 8.76. The van der Waals surface area contributed by atoms with Gasteiger partial charge in [0, 0.05) is 49.4 Å². The zero-order chi connectivity index (χ0) is 47.1. The lowest BCUT2D eigenvalue weighted by Gasteiger charge is -2.50. The van der Waals surface area contributed by atoms with E-state index in [0.29, 0.717) is 57.0 Å². The van der Waals surface area contributed by atoms with Gasteiger partial charge >= 0.3 is 30.2 Å². The van der Waals surface area contributed by atoms with E-state index in [1.807, 2.05) is 23.1 Å². The number of nitrogens with zero attached hydrogens (tertiary/aromatic N) is 3. The van der Waals surface area contributed by atoms with Crippen LogP contribution in [0.15, 0.2) is 18.2 Å². The third-order valence-corrected chi connectivity index (χ3v) is 18.0. The van der Waals surface area contributed by atoms with Crippen molar-refractivity contribution in [1.82, 2.24) is 9.57 Å². The number of hydrogen-bond acceptors (Lipinski definition) is 10. The molecule has 64 heavy (non-hydrogen) atoms. The van der Waals surface area contributed by atoms with Crippen molar-refractivity contribution in [1.29, 1.82) is 5.26 Å². The van der Waals surface area contributed by atoms with E-state index in [0.717, 1.165) is 55.6 Å². The van der Waals surface area contributed by atoms with Crippen LogP contribution < -0.4 is 4.74 Å². The number of rotatable bonds is 20. The summed E-state index contributed by atoms with van der Waals surface area (Å²) in [6, 6.07) is 8.46. The van der Waals surface area contributed by atoms with Crippen LogP contribution in [0.4, 0.5) is 44.3 Å². The van der Waals surface area contributed by atoms with Crippen LogP contribution in [0.2, 0.25) is 0 Å². The molecule has 1 aliphatic heterocycles. The molecule has 3 aliphatic carbocycles. The Bertz CT molecular complexity index is 1670. The molecule has 0 aromatic heterocycles. The quantitative estimate of drug-likeness (QED) is 0.0544. The molecule has 0 bridgehead atoms. The van der Waals surface area contributed by atoms with Gasteiger partial charge in [-0.25, -0.2) is 4.79 Å². The van der Waals surface area contributed by atoms with Gasteiger partial charge in [0.15, 0.2) is 0 Å². The summed E-state index contributed by atoms with van der Waals surface area (Å²) in [6.07, 6.45) is -14.9. The van der Waals surface area contributed by atoms with Crippen molar-refractivity contribution in [2.75, 3.05) is 50.8 Å². The molecule has 7 unspecified atom stereocenters. The Morgan fingerprint density at radius 3 is 2.23 bits per heavy atom. The number of amides is 1. The van der Waals surface area contributed by atoms with Crippen LogP contribution in [0.1, 0.15) is 109 Å². The van der Waals surface area contributed by atoms with Gasteiger partial charge in [-0.1, -0.05) is 34.6 Å². The molecule has 1 saturated heterocycles. The molecule has 3 fully saturated rings. The summed E-state index contributed by atoms with van der Waals surface area (Å²) in [5.41, 5.74) is -4.31. The number of ether oxygens (including phenoxy) is 4. The van der Waals surface area contributed by atoms with E-state index < -0.39 is 51.6 Å². The summed E-state index contributed by atoms with van der Waals surface area (Å²) in [5, 5.41) is 9.03. The van der Waals surface area contributed by atoms with Gasteiger partial charge in [-0.15, -0.1) is 0 Å². The Kier molecular flexibility index (Phi) is 18.8. The molecule has 2 saturated carbocycles. The Balaban J connectivity index is 1.15. The number of fused-ring (bicyclic) bond motifs is 5. The molecule has 364 valence electrons. The molecule has 5 rings (SSSR count). The molecule has 21 heteroatoms. The second-order valence-electron chi connectivity index (χ2n) is 17.8. The fraction of sp³-hybridized carbons (Fsp3) is 0.814. The third kappa shape index (κ3) is 12.1. The first-order valence-corrected chi connectivity index (χ1v) is 25.9. The van der Waals surface area contributed by atoms with Crippen molar-refractivity contribution in [2.24, 2.45) is 17.3 Å². The minimum atomic E-state index is -6.77. The first kappa shape index (κ1) is 53.2. The summed E-state index contributed by atoms with van der Waals surface area (Å²) < 4.78 is 150. The van der Waals surface area contributed by atoms with Gasteiger partial charge in [0.2, 0.25) is 0 Å². The number of benzene rings is 1. The Labute approximate surface area is 379 Å². The molecule has 4 aliphatic rings. The van der Waals surface area contributed by atoms with Gasteiger partial charge in [0.05, 0.1) is 31.8 Å². The lowest BCUT2D eigenvalue weighted by molar-refractivity contribution is -0.457. The second-order valence-corrected chi connectivity index (χ2v) is 22.1. The standard InChI is InChI=1S/C43H61F9N3O6PS2/c1-28(2)55(29(3)4)62(60-23-6-18-53)27-57-20-7-19-54(31-16-24-63-64-26-31)38(56)61-32-10-12-33-30(25-32)9-11-35-34(33)15-17-39(5)36(35)13-14-37(39)58-21-8-22-59-40(41(44,45)46,42(47,48)49)43(50,51)52/h10,12,25,28-29,31,34-37H,6-9,11,13-17,19-24,26-27H2,1-5H3. The van der Waals surface area contributed by atoms with Crippen LogP contribution in [-0.2, 0) is 25.2 Å². The van der Waals surface area contributed by atoms with Crippen molar-refractivity contribution >= 4 is 36.0 Å². The highest BCUT2D eigenvalue weighted by atomic mass is 33.1. The van der Waals surface area contributed by atoms with Crippen LogP contribution in [0.25, 0.3) is 0 Å². The van der Waals surface area contributed by atoms with E-state index in [4.69, 9.17) is 24.0 Å². The molecule has 7 atom stereocenters. The number of nitriles is 1. The number of carbonyl (C=O) groups is 1. The Hall–Kier alpha value is -1.72. The van der Waals surface area contributed by atoms with Gasteiger partial charge in [-0.3, -0.25) is 4.67 Å². The van der Waals surface area contributed by atoms with E-state index in [2.05, 4.69) is 50.1 Å². The summed E-state index contributed by atoms with van der Waals surface area (Å²) in [4.78, 5) is 15.7. The monoisotopic (exact) mass is 981 g/mol. The number of halogens is 9. The first-order valence-electron chi connectivity index (χ1n) is 22.0. The van der Waals surface area contributed by atoms with Gasteiger partial charge in [-0.05, 0) is 132 Å². The minimum Gasteiger partial charge on any atom is -0.410 e. The number of hydrogen-bond donors (Lipinski definition) is 0. The second kappa shape index (κ2) is 22.6. The van der Waals surface area contributed by atoms with Crippen molar-refractivity contribution in [3.63, 3.8) is 0 Å². The fourth-order valence-corrected chi connectivity index (χ4v) is 14.8. The molecule has 1 aromatic rings. The zero-order valence-electron chi connectivity index (χ0n) is 37.0. The average Bonchev–Trinajstić information content (AvgIpc) is 3.54. The molecular weight excluding hydrogens is 921 g/mol. The maximum atomic E-state index is 13.9. The number of alkyl halides is 9. The lowest BCUT2D eigenvalue weighted by Crippen LogP contribution is -2.67. The molecular formula is C43H61F9N3O6PS2. The van der Waals surface area contributed by atoms with E-state index in [1.165, 1.54) is 5.56 Å². The predicted octanol–water partition coefficient (Wildman–Crippen LogP) is 12.4. The molecule has 0 radical (unpaired) electrons. The van der Waals surface area contributed by atoms with E-state index >= 15 is 0 Å². The molecule has 1 amide bonds. The van der Waals surface area contributed by atoms with Gasteiger partial charge in [0.25, 0.3) is 0 Å². The van der Waals surface area contributed by atoms with Gasteiger partial charge < -0.3 is 28.4 Å². The molecule has 0 N–H and O–H groups in total. The largest absolute Gasteiger partial charge is 0.435 e. The number of aryl methyl sites for hydroxylation is 1. The molecule has 0 spiro atoms. The van der Waals surface area contributed by atoms with Crippen molar-refractivity contribution < 1.29 is 67.8 Å². The van der Waals surface area contributed by atoms with Crippen LogP contribution >= 0.6 is 29.9 Å². The van der Waals surface area contributed by atoms with Crippen molar-refractivity contribution in [2.45, 2.75) is 153 Å². The minimum absolute atomic E-state index is 0.0164. The molecule has 1 heterocycles. The highest BCUT2D eigenvalue weighted by Gasteiger charge is 2.85. The first-order chi connectivity index (χ1) is 30.1. The van der Waals surface area contributed by atoms with Crippen LogP contribution in [0.3, 0.4) is 0 Å². The number of carbonyl (C=O) groups excluding carboxylic acids is 1. The summed E-state index contributed by atoms with van der Waals surface area (Å²) in [6.45, 7) is 9.95. The normalized spacial score (nSPS) is 25.8. The third-order valence-electron chi connectivity index (χ3n) is 13.2. The van der Waals surface area contributed by atoms with Crippen molar-refractivity contribution in [3.05, 3.63) is 29.3 Å².